The van der Waals surface area contributed by atoms with Crippen molar-refractivity contribution in [2.24, 2.45) is 0 Å². The van der Waals surface area contributed by atoms with Crippen molar-refractivity contribution in [2.75, 3.05) is 20.3 Å². The first-order chi connectivity index (χ1) is 13.4. The number of halogens is 3. The van der Waals surface area contributed by atoms with E-state index in [0.29, 0.717) is 44.9 Å². The Morgan fingerprint density at radius 3 is 2.61 bits per heavy atom. The Bertz CT molecular complexity index is 794. The minimum atomic E-state index is -0.278. The molecule has 0 radical (unpaired) electrons. The van der Waals surface area contributed by atoms with Crippen molar-refractivity contribution >= 4 is 45.0 Å². The average Bonchev–Trinajstić information content (AvgIpc) is 2.66. The molecule has 0 heterocycles. The number of hydrogen-bond donors (Lipinski definition) is 1. The Hall–Kier alpha value is -1.63. The van der Waals surface area contributed by atoms with Crippen molar-refractivity contribution in [1.29, 1.82) is 0 Å². The van der Waals surface area contributed by atoms with Crippen LogP contribution in [-0.4, -0.2) is 26.2 Å². The Morgan fingerprint density at radius 1 is 1.14 bits per heavy atom. The van der Waals surface area contributed by atoms with Crippen LogP contribution in [0.1, 0.15) is 25.3 Å². The summed E-state index contributed by atoms with van der Waals surface area (Å²) in [6.45, 7) is 2.91. The van der Waals surface area contributed by atoms with E-state index in [-0.39, 0.29) is 12.5 Å². The lowest BCUT2D eigenvalue weighted by atomic mass is 10.2. The van der Waals surface area contributed by atoms with Gasteiger partial charge in [-0.3, -0.25) is 4.79 Å². The van der Waals surface area contributed by atoms with Crippen LogP contribution in [0, 0.1) is 0 Å². The van der Waals surface area contributed by atoms with Gasteiger partial charge in [0, 0.05) is 11.6 Å². The molecule has 152 valence electrons. The van der Waals surface area contributed by atoms with Crippen molar-refractivity contribution < 1.29 is 19.0 Å². The minimum Gasteiger partial charge on any atom is -0.493 e. The predicted molar refractivity (Wildman–Crippen MR) is 115 cm³/mol. The second-order valence-corrected chi connectivity index (χ2v) is 7.65. The fourth-order valence-electron chi connectivity index (χ4n) is 2.32. The maximum Gasteiger partial charge on any atom is 0.258 e. The quantitative estimate of drug-likeness (QED) is 0.438. The fraction of sp³-hybridized carbons (Fsp3) is 0.350. The van der Waals surface area contributed by atoms with Crippen LogP contribution < -0.4 is 19.5 Å². The zero-order valence-electron chi connectivity index (χ0n) is 15.7. The molecule has 0 saturated heterocycles. The molecule has 0 aliphatic rings. The second kappa shape index (κ2) is 11.4. The monoisotopic (exact) mass is 489 g/mol. The highest BCUT2D eigenvalue weighted by molar-refractivity contribution is 9.10. The molecule has 5 nitrogen and oxygen atoms in total. The number of nitrogens with one attached hydrogen (secondary N) is 1. The molecule has 0 unspecified atom stereocenters. The lowest BCUT2D eigenvalue weighted by Gasteiger charge is -2.13. The Kier molecular flexibility index (Phi) is 9.22. The van der Waals surface area contributed by atoms with E-state index in [1.165, 1.54) is 0 Å². The molecule has 2 aromatic rings. The number of ether oxygens (including phenoxy) is 3. The van der Waals surface area contributed by atoms with Gasteiger partial charge in [0.05, 0.1) is 23.2 Å². The van der Waals surface area contributed by atoms with Crippen molar-refractivity contribution in [3.8, 4) is 17.2 Å². The fourth-order valence-corrected chi connectivity index (χ4v) is 3.69. The molecule has 0 aliphatic carbocycles. The van der Waals surface area contributed by atoms with E-state index in [0.717, 1.165) is 18.4 Å². The summed E-state index contributed by atoms with van der Waals surface area (Å²) in [6, 6.07) is 8.78. The lowest BCUT2D eigenvalue weighted by molar-refractivity contribution is -0.123. The molecule has 2 rings (SSSR count). The first-order valence-electron chi connectivity index (χ1n) is 8.78. The summed E-state index contributed by atoms with van der Waals surface area (Å²) in [5.41, 5.74) is 0.888. The number of hydrogen-bond acceptors (Lipinski definition) is 4. The summed E-state index contributed by atoms with van der Waals surface area (Å²) in [6.07, 6.45) is 2.04. The van der Waals surface area contributed by atoms with Crippen LogP contribution in [0.25, 0.3) is 0 Å². The van der Waals surface area contributed by atoms with Gasteiger partial charge >= 0.3 is 0 Å². The van der Waals surface area contributed by atoms with Crippen LogP contribution in [0.4, 0.5) is 0 Å². The smallest absolute Gasteiger partial charge is 0.258 e. The molecule has 0 aromatic heterocycles. The number of amides is 1. The topological polar surface area (TPSA) is 56.8 Å². The molecule has 1 amide bonds. The lowest BCUT2D eigenvalue weighted by Crippen LogP contribution is -2.28. The van der Waals surface area contributed by atoms with Gasteiger partial charge in [-0.15, -0.1) is 0 Å². The Labute approximate surface area is 183 Å². The molecular formula is C20H22BrCl2NO4. The van der Waals surface area contributed by atoms with Gasteiger partial charge in [0.15, 0.2) is 23.9 Å². The Morgan fingerprint density at radius 2 is 1.93 bits per heavy atom. The van der Waals surface area contributed by atoms with Crippen LogP contribution >= 0.6 is 39.1 Å². The first-order valence-corrected chi connectivity index (χ1v) is 10.3. The SMILES string of the molecule is CCCCOc1ccc(CNC(=O)COc2c(Cl)cc(Cl)cc2Br)cc1OC. The van der Waals surface area contributed by atoms with Crippen molar-refractivity contribution in [2.45, 2.75) is 26.3 Å². The number of methoxy groups -OCH3 is 1. The van der Waals surface area contributed by atoms with Gasteiger partial charge in [-0.05, 0) is 52.2 Å². The molecule has 0 bridgehead atoms. The van der Waals surface area contributed by atoms with E-state index in [1.807, 2.05) is 18.2 Å². The normalized spacial score (nSPS) is 10.5. The maximum absolute atomic E-state index is 12.1. The number of unbranched alkanes of at least 4 members (excludes halogenated alkanes) is 1. The van der Waals surface area contributed by atoms with Crippen molar-refractivity contribution in [1.82, 2.24) is 5.32 Å². The summed E-state index contributed by atoms with van der Waals surface area (Å²) >= 11 is 15.3. The van der Waals surface area contributed by atoms with Gasteiger partial charge in [0.1, 0.15) is 0 Å². The minimum absolute atomic E-state index is 0.171. The summed E-state index contributed by atoms with van der Waals surface area (Å²) in [5, 5.41) is 3.60. The molecule has 2 aromatic carbocycles. The number of benzene rings is 2. The first kappa shape index (κ1) is 22.7. The number of rotatable bonds is 10. The molecular weight excluding hydrogens is 469 g/mol. The summed E-state index contributed by atoms with van der Waals surface area (Å²) < 4.78 is 17.2. The molecule has 8 heteroatoms. The average molecular weight is 491 g/mol. The molecule has 0 aliphatic heterocycles. The highest BCUT2D eigenvalue weighted by Crippen LogP contribution is 2.36. The van der Waals surface area contributed by atoms with E-state index in [1.54, 1.807) is 19.2 Å². The van der Waals surface area contributed by atoms with Crippen LogP contribution in [0.5, 0.6) is 17.2 Å². The van der Waals surface area contributed by atoms with Crippen LogP contribution in [-0.2, 0) is 11.3 Å². The molecule has 0 fully saturated rings. The highest BCUT2D eigenvalue weighted by atomic mass is 79.9. The van der Waals surface area contributed by atoms with Crippen molar-refractivity contribution in [3.63, 3.8) is 0 Å². The second-order valence-electron chi connectivity index (χ2n) is 5.95. The molecule has 0 saturated carbocycles. The van der Waals surface area contributed by atoms with Crippen LogP contribution in [0.3, 0.4) is 0 Å². The van der Waals surface area contributed by atoms with Gasteiger partial charge in [0.2, 0.25) is 0 Å². The maximum atomic E-state index is 12.1. The largest absolute Gasteiger partial charge is 0.493 e. The number of carbonyl (C=O) groups excluding carboxylic acids is 1. The summed E-state index contributed by atoms with van der Waals surface area (Å²) in [7, 11) is 1.59. The predicted octanol–water partition coefficient (Wildman–Crippen LogP) is 5.64. The van der Waals surface area contributed by atoms with Gasteiger partial charge in [-0.2, -0.15) is 0 Å². The zero-order valence-corrected chi connectivity index (χ0v) is 18.8. The van der Waals surface area contributed by atoms with E-state index < -0.39 is 0 Å². The molecule has 1 N–H and O–H groups in total. The van der Waals surface area contributed by atoms with E-state index >= 15 is 0 Å². The van der Waals surface area contributed by atoms with Crippen molar-refractivity contribution in [3.05, 3.63) is 50.4 Å². The van der Waals surface area contributed by atoms with Gasteiger partial charge in [0.25, 0.3) is 5.91 Å². The third-order valence-corrected chi connectivity index (χ3v) is 4.87. The molecule has 0 spiro atoms. The van der Waals surface area contributed by atoms with Crippen LogP contribution in [0.15, 0.2) is 34.8 Å². The molecule has 28 heavy (non-hydrogen) atoms. The van der Waals surface area contributed by atoms with E-state index in [2.05, 4.69) is 28.2 Å². The highest BCUT2D eigenvalue weighted by Gasteiger charge is 2.12. The zero-order chi connectivity index (χ0) is 20.5. The van der Waals surface area contributed by atoms with Gasteiger partial charge in [-0.1, -0.05) is 42.6 Å². The summed E-state index contributed by atoms with van der Waals surface area (Å²) in [4.78, 5) is 12.1. The van der Waals surface area contributed by atoms with E-state index in [9.17, 15) is 4.79 Å². The standard InChI is InChI=1S/C20H22BrCl2NO4/c1-3-4-7-27-17-6-5-13(8-18(17)26-2)11-24-19(25)12-28-20-15(21)9-14(22)10-16(20)23/h5-6,8-10H,3-4,7,11-12H2,1-2H3,(H,24,25). The Balaban J connectivity index is 1.88. The third kappa shape index (κ3) is 6.76. The van der Waals surface area contributed by atoms with Gasteiger partial charge < -0.3 is 19.5 Å². The van der Waals surface area contributed by atoms with Gasteiger partial charge in [-0.25, -0.2) is 0 Å². The van der Waals surface area contributed by atoms with E-state index in [4.69, 9.17) is 37.4 Å². The summed E-state index contributed by atoms with van der Waals surface area (Å²) in [5.74, 6) is 1.42. The molecule has 0 atom stereocenters. The number of carbonyl (C=O) groups is 1. The van der Waals surface area contributed by atoms with Crippen LogP contribution in [0.2, 0.25) is 10.0 Å². The third-order valence-electron chi connectivity index (χ3n) is 3.78.